The van der Waals surface area contributed by atoms with E-state index in [0.717, 1.165) is 41.5 Å². The molecule has 0 aromatic carbocycles. The van der Waals surface area contributed by atoms with Gasteiger partial charge in [-0.1, -0.05) is 13.8 Å². The van der Waals surface area contributed by atoms with Crippen molar-refractivity contribution in [3.63, 3.8) is 0 Å². The molecular weight excluding hydrogens is 274 g/mol. The summed E-state index contributed by atoms with van der Waals surface area (Å²) in [6, 6.07) is 0. The van der Waals surface area contributed by atoms with Gasteiger partial charge in [0.05, 0.1) is 6.33 Å². The van der Waals surface area contributed by atoms with Gasteiger partial charge in [-0.2, -0.15) is 0 Å². The summed E-state index contributed by atoms with van der Waals surface area (Å²) in [6.45, 7) is 8.08. The number of nitrogens with one attached hydrogen (secondary N) is 1. The van der Waals surface area contributed by atoms with Crippen LogP contribution in [0, 0.1) is 5.92 Å². The average Bonchev–Trinajstić information content (AvgIpc) is 3.06. The maximum atomic E-state index is 4.74. The van der Waals surface area contributed by atoms with Crippen molar-refractivity contribution in [3.05, 3.63) is 17.6 Å². The lowest BCUT2D eigenvalue weighted by Gasteiger charge is -2.05. The predicted molar refractivity (Wildman–Crippen MR) is 82.0 cm³/mol. The standard InChI is InChI=1S/C14H21N5.ClH/c1-4-15-13-11-14(18-12(17-11)9(2)3)19(8-16-13)7-10-5-6-10;/h8-10H,4-7H2,1-3H3,(H,17,18);1H. The third-order valence-corrected chi connectivity index (χ3v) is 3.52. The first-order chi connectivity index (χ1) is 9.19. The molecule has 0 radical (unpaired) electrons. The van der Waals surface area contributed by atoms with Crippen LogP contribution in [0.25, 0.3) is 11.2 Å². The fourth-order valence-electron chi connectivity index (χ4n) is 2.24. The zero-order chi connectivity index (χ0) is 13.4. The maximum absolute atomic E-state index is 4.74. The molecule has 0 amide bonds. The van der Waals surface area contributed by atoms with E-state index in [1.807, 2.05) is 13.3 Å². The smallest absolute Gasteiger partial charge is 0.176 e. The topological polar surface area (TPSA) is 58.9 Å². The van der Waals surface area contributed by atoms with Crippen LogP contribution < -0.4 is 5.49 Å². The number of hydrogen-bond acceptors (Lipinski definition) is 3. The van der Waals surface area contributed by atoms with Gasteiger partial charge in [-0.3, -0.25) is 4.99 Å². The van der Waals surface area contributed by atoms with Crippen LogP contribution in [0.15, 0.2) is 11.3 Å². The van der Waals surface area contributed by atoms with Gasteiger partial charge in [-0.05, 0) is 25.7 Å². The van der Waals surface area contributed by atoms with Crippen LogP contribution in [0.5, 0.6) is 0 Å². The minimum atomic E-state index is 0. The predicted octanol–water partition coefficient (Wildman–Crippen LogP) is 2.64. The van der Waals surface area contributed by atoms with Crippen molar-refractivity contribution in [2.75, 3.05) is 6.54 Å². The Morgan fingerprint density at radius 3 is 2.80 bits per heavy atom. The highest BCUT2D eigenvalue weighted by atomic mass is 35.5. The minimum Gasteiger partial charge on any atom is -0.337 e. The Balaban J connectivity index is 0.00000147. The molecule has 1 saturated carbocycles. The number of imidazole rings is 1. The van der Waals surface area contributed by atoms with Crippen LogP contribution in [0.3, 0.4) is 0 Å². The van der Waals surface area contributed by atoms with E-state index in [1.54, 1.807) is 0 Å². The van der Waals surface area contributed by atoms with Crippen LogP contribution in [-0.2, 0) is 6.54 Å². The quantitative estimate of drug-likeness (QED) is 0.942. The highest BCUT2D eigenvalue weighted by Crippen LogP contribution is 2.31. The molecule has 2 heterocycles. The molecule has 0 aliphatic heterocycles. The van der Waals surface area contributed by atoms with Crippen molar-refractivity contribution < 1.29 is 0 Å². The molecule has 20 heavy (non-hydrogen) atoms. The van der Waals surface area contributed by atoms with E-state index in [0.29, 0.717) is 5.92 Å². The van der Waals surface area contributed by atoms with Crippen LogP contribution in [0.4, 0.5) is 0 Å². The van der Waals surface area contributed by atoms with Crippen molar-refractivity contribution in [2.24, 2.45) is 10.9 Å². The summed E-state index contributed by atoms with van der Waals surface area (Å²) in [7, 11) is 0. The molecule has 0 bridgehead atoms. The van der Waals surface area contributed by atoms with Crippen molar-refractivity contribution in [1.82, 2.24) is 19.5 Å². The third-order valence-electron chi connectivity index (χ3n) is 3.52. The van der Waals surface area contributed by atoms with Crippen LogP contribution in [0.1, 0.15) is 45.4 Å². The van der Waals surface area contributed by atoms with Crippen LogP contribution in [-0.4, -0.2) is 26.1 Å². The molecule has 0 spiro atoms. The normalized spacial score (nSPS) is 15.9. The van der Waals surface area contributed by atoms with Crippen LogP contribution >= 0.6 is 12.4 Å². The number of halogens is 1. The molecule has 1 aliphatic rings. The summed E-state index contributed by atoms with van der Waals surface area (Å²) in [5, 5.41) is 0. The van der Waals surface area contributed by atoms with Gasteiger partial charge in [-0.15, -0.1) is 12.4 Å². The summed E-state index contributed by atoms with van der Waals surface area (Å²) >= 11 is 0. The summed E-state index contributed by atoms with van der Waals surface area (Å²) in [5.41, 5.74) is 2.76. The Morgan fingerprint density at radius 1 is 1.45 bits per heavy atom. The molecule has 0 saturated heterocycles. The van der Waals surface area contributed by atoms with Gasteiger partial charge in [0.2, 0.25) is 0 Å². The Hall–Kier alpha value is -1.36. The van der Waals surface area contributed by atoms with Crippen molar-refractivity contribution in [2.45, 2.75) is 46.1 Å². The van der Waals surface area contributed by atoms with Gasteiger partial charge in [-0.25, -0.2) is 9.97 Å². The molecule has 1 fully saturated rings. The van der Waals surface area contributed by atoms with Crippen molar-refractivity contribution in [3.8, 4) is 0 Å². The molecule has 0 atom stereocenters. The molecule has 2 aromatic rings. The van der Waals surface area contributed by atoms with E-state index in [-0.39, 0.29) is 12.4 Å². The van der Waals surface area contributed by atoms with E-state index in [9.17, 15) is 0 Å². The second-order valence-electron chi connectivity index (χ2n) is 5.61. The fraction of sp³-hybridized carbons (Fsp3) is 0.643. The summed E-state index contributed by atoms with van der Waals surface area (Å²) in [5.74, 6) is 2.21. The molecule has 2 aromatic heterocycles. The largest absolute Gasteiger partial charge is 0.337 e. The molecule has 1 aliphatic carbocycles. The minimum absolute atomic E-state index is 0. The number of aromatic amines is 1. The lowest BCUT2D eigenvalue weighted by atomic mass is 10.2. The fourth-order valence-corrected chi connectivity index (χ4v) is 2.24. The van der Waals surface area contributed by atoms with Crippen molar-refractivity contribution >= 4 is 23.6 Å². The molecule has 6 heteroatoms. The number of rotatable bonds is 4. The molecule has 3 rings (SSSR count). The van der Waals surface area contributed by atoms with Gasteiger partial charge < -0.3 is 9.55 Å². The number of fused-ring (bicyclic) bond motifs is 1. The Labute approximate surface area is 125 Å². The highest BCUT2D eigenvalue weighted by Gasteiger charge is 2.23. The maximum Gasteiger partial charge on any atom is 0.176 e. The summed E-state index contributed by atoms with van der Waals surface area (Å²) in [6.07, 6.45) is 4.55. The molecule has 1 N–H and O–H groups in total. The lowest BCUT2D eigenvalue weighted by Crippen LogP contribution is -2.15. The van der Waals surface area contributed by atoms with Gasteiger partial charge in [0.15, 0.2) is 11.1 Å². The molecular formula is C14H22ClN5. The number of H-pyrrole nitrogens is 1. The number of aromatic nitrogens is 4. The Bertz CT molecular complexity index is 651. The first-order valence-electron chi connectivity index (χ1n) is 7.14. The number of nitrogens with zero attached hydrogens (tertiary/aromatic N) is 4. The average molecular weight is 296 g/mol. The second kappa shape index (κ2) is 5.95. The van der Waals surface area contributed by atoms with Gasteiger partial charge in [0.25, 0.3) is 0 Å². The number of hydrogen-bond donors (Lipinski definition) is 1. The zero-order valence-corrected chi connectivity index (χ0v) is 13.1. The second-order valence-corrected chi connectivity index (χ2v) is 5.61. The summed E-state index contributed by atoms with van der Waals surface area (Å²) < 4.78 is 2.17. The van der Waals surface area contributed by atoms with E-state index in [1.165, 1.54) is 12.8 Å². The van der Waals surface area contributed by atoms with Gasteiger partial charge >= 0.3 is 0 Å². The monoisotopic (exact) mass is 295 g/mol. The van der Waals surface area contributed by atoms with E-state index in [4.69, 9.17) is 4.98 Å². The zero-order valence-electron chi connectivity index (χ0n) is 12.3. The Kier molecular flexibility index (Phi) is 4.48. The summed E-state index contributed by atoms with van der Waals surface area (Å²) in [4.78, 5) is 17.1. The van der Waals surface area contributed by atoms with E-state index >= 15 is 0 Å². The molecule has 110 valence electrons. The van der Waals surface area contributed by atoms with Crippen LogP contribution in [0.2, 0.25) is 0 Å². The third kappa shape index (κ3) is 2.87. The molecule has 0 unspecified atom stereocenters. The van der Waals surface area contributed by atoms with E-state index in [2.05, 4.69) is 33.4 Å². The molecule has 5 nitrogen and oxygen atoms in total. The Morgan fingerprint density at radius 2 is 2.20 bits per heavy atom. The highest BCUT2D eigenvalue weighted by molar-refractivity contribution is 5.85. The first kappa shape index (κ1) is 15.0. The first-order valence-corrected chi connectivity index (χ1v) is 7.14. The van der Waals surface area contributed by atoms with Gasteiger partial charge in [0, 0.05) is 19.0 Å². The van der Waals surface area contributed by atoms with Crippen molar-refractivity contribution in [1.29, 1.82) is 0 Å². The SMILES string of the molecule is CCN=c1ncn(CC2CC2)c2nc(C(C)C)[nH]c12.Cl. The van der Waals surface area contributed by atoms with Gasteiger partial charge in [0.1, 0.15) is 11.3 Å². The lowest BCUT2D eigenvalue weighted by molar-refractivity contribution is 0.626. The van der Waals surface area contributed by atoms with E-state index < -0.39 is 0 Å².